The number of carbonyl (C=O) groups excluding carboxylic acids is 1. The van der Waals surface area contributed by atoms with Gasteiger partial charge in [0.2, 0.25) is 0 Å². The molecule has 0 unspecified atom stereocenters. The van der Waals surface area contributed by atoms with Gasteiger partial charge in [-0.3, -0.25) is 4.79 Å². The van der Waals surface area contributed by atoms with Crippen molar-refractivity contribution in [1.82, 2.24) is 9.88 Å². The van der Waals surface area contributed by atoms with Gasteiger partial charge in [0.1, 0.15) is 5.82 Å². The van der Waals surface area contributed by atoms with Gasteiger partial charge in [-0.2, -0.15) is 0 Å². The Morgan fingerprint density at radius 1 is 1.04 bits per heavy atom. The molecule has 0 saturated carbocycles. The highest BCUT2D eigenvalue weighted by molar-refractivity contribution is 7.92. The Hall–Kier alpha value is -2.67. The van der Waals surface area contributed by atoms with Crippen molar-refractivity contribution in [2.45, 2.75) is 23.0 Å². The van der Waals surface area contributed by atoms with E-state index < -0.39 is 20.9 Å². The zero-order valence-electron chi connectivity index (χ0n) is 14.6. The Morgan fingerprint density at radius 3 is 2.44 bits per heavy atom. The predicted molar refractivity (Wildman–Crippen MR) is 101 cm³/mol. The summed E-state index contributed by atoms with van der Waals surface area (Å²) in [5, 5.41) is 0.480. The fraction of sp³-hybridized carbons (Fsp3) is 0.250. The molecule has 1 aliphatic rings. The van der Waals surface area contributed by atoms with Gasteiger partial charge in [-0.15, -0.1) is 0 Å². The number of piperidine rings is 1. The second kappa shape index (κ2) is 6.81. The van der Waals surface area contributed by atoms with Crippen LogP contribution in [-0.4, -0.2) is 42.5 Å². The molecule has 7 heteroatoms. The lowest BCUT2D eigenvalue weighted by molar-refractivity contribution is 0.0726. The molecule has 0 radical (unpaired) electrons. The van der Waals surface area contributed by atoms with Crippen LogP contribution < -0.4 is 0 Å². The topological polar surface area (TPSA) is 70.2 Å². The van der Waals surface area contributed by atoms with Crippen LogP contribution in [0, 0.1) is 5.82 Å². The summed E-state index contributed by atoms with van der Waals surface area (Å²) < 4.78 is 38.5. The highest BCUT2D eigenvalue weighted by Gasteiger charge is 2.33. The number of benzene rings is 2. The number of nitrogens with one attached hydrogen (secondary N) is 1. The monoisotopic (exact) mass is 386 g/mol. The maximum Gasteiger partial charge on any atom is 0.253 e. The Kier molecular flexibility index (Phi) is 4.47. The number of amides is 1. The maximum atomic E-state index is 13.1. The Morgan fingerprint density at radius 2 is 1.74 bits per heavy atom. The maximum absolute atomic E-state index is 13.1. The third-order valence-corrected chi connectivity index (χ3v) is 7.39. The molecule has 5 nitrogen and oxygen atoms in total. The number of halogens is 1. The number of fused-ring (bicyclic) bond motifs is 1. The first kappa shape index (κ1) is 17.7. The molecular weight excluding hydrogens is 367 g/mol. The fourth-order valence-corrected chi connectivity index (χ4v) is 5.28. The van der Waals surface area contributed by atoms with Crippen LogP contribution in [0.25, 0.3) is 10.9 Å². The first-order chi connectivity index (χ1) is 12.9. The van der Waals surface area contributed by atoms with E-state index in [1.807, 2.05) is 24.4 Å². The van der Waals surface area contributed by atoms with Crippen LogP contribution in [0.2, 0.25) is 0 Å². The highest BCUT2D eigenvalue weighted by atomic mass is 32.2. The number of sulfone groups is 1. The van der Waals surface area contributed by atoms with Crippen LogP contribution >= 0.6 is 0 Å². The van der Waals surface area contributed by atoms with Gasteiger partial charge in [-0.05, 0) is 60.7 Å². The molecule has 1 aromatic heterocycles. The summed E-state index contributed by atoms with van der Waals surface area (Å²) in [6.45, 7) is 0.763. The van der Waals surface area contributed by atoms with Crippen LogP contribution in [0.5, 0.6) is 0 Å². The van der Waals surface area contributed by atoms with Crippen molar-refractivity contribution < 1.29 is 17.6 Å². The number of hydrogen-bond acceptors (Lipinski definition) is 3. The van der Waals surface area contributed by atoms with Crippen molar-refractivity contribution in [2.75, 3.05) is 13.1 Å². The molecule has 1 aliphatic heterocycles. The quantitative estimate of drug-likeness (QED) is 0.702. The molecule has 1 N–H and O–H groups in total. The molecule has 1 saturated heterocycles. The first-order valence-electron chi connectivity index (χ1n) is 8.81. The van der Waals surface area contributed by atoms with Gasteiger partial charge in [0.15, 0.2) is 9.84 Å². The molecule has 27 heavy (non-hydrogen) atoms. The van der Waals surface area contributed by atoms with E-state index >= 15 is 0 Å². The lowest BCUT2D eigenvalue weighted by Gasteiger charge is -2.31. The van der Waals surface area contributed by atoms with Gasteiger partial charge < -0.3 is 9.88 Å². The van der Waals surface area contributed by atoms with E-state index in [9.17, 15) is 17.6 Å². The smallest absolute Gasteiger partial charge is 0.253 e. The zero-order valence-corrected chi connectivity index (χ0v) is 15.4. The number of likely N-dealkylation sites (tertiary alicyclic amines) is 1. The zero-order chi connectivity index (χ0) is 19.0. The molecule has 1 fully saturated rings. The Labute approximate surface area is 156 Å². The minimum absolute atomic E-state index is 0.0934. The van der Waals surface area contributed by atoms with E-state index in [0.29, 0.717) is 31.5 Å². The van der Waals surface area contributed by atoms with Gasteiger partial charge in [-0.1, -0.05) is 6.07 Å². The van der Waals surface area contributed by atoms with Crippen LogP contribution in [0.4, 0.5) is 4.39 Å². The minimum Gasteiger partial charge on any atom is -0.361 e. The van der Waals surface area contributed by atoms with Crippen molar-refractivity contribution >= 4 is 26.6 Å². The second-order valence-corrected chi connectivity index (χ2v) is 9.00. The molecule has 0 aliphatic carbocycles. The van der Waals surface area contributed by atoms with Gasteiger partial charge >= 0.3 is 0 Å². The molecule has 1 amide bonds. The van der Waals surface area contributed by atoms with Crippen LogP contribution in [0.3, 0.4) is 0 Å². The van der Waals surface area contributed by atoms with Crippen LogP contribution in [0.1, 0.15) is 23.2 Å². The van der Waals surface area contributed by atoms with Crippen LogP contribution in [-0.2, 0) is 9.84 Å². The normalized spacial score (nSPS) is 16.0. The standard InChI is InChI=1S/C20H19FN2O3S/c21-16-3-5-17(6-4-16)27(25,26)18-8-11-23(12-9-18)20(24)15-2-1-14-7-10-22-19(14)13-15/h1-7,10,13,18,22H,8-9,11-12H2. The highest BCUT2D eigenvalue weighted by Crippen LogP contribution is 2.26. The molecule has 2 heterocycles. The summed E-state index contributed by atoms with van der Waals surface area (Å²) in [6.07, 6.45) is 2.57. The average molecular weight is 386 g/mol. The number of nitrogens with zero attached hydrogens (tertiary/aromatic N) is 1. The molecule has 3 aromatic rings. The Bertz CT molecular complexity index is 1080. The van der Waals surface area contributed by atoms with Crippen molar-refractivity contribution in [1.29, 1.82) is 0 Å². The number of rotatable bonds is 3. The minimum atomic E-state index is -3.52. The van der Waals surface area contributed by atoms with Crippen LogP contribution in [0.15, 0.2) is 59.6 Å². The third-order valence-electron chi connectivity index (χ3n) is 5.11. The number of hydrogen-bond donors (Lipinski definition) is 1. The molecule has 2 aromatic carbocycles. The summed E-state index contributed by atoms with van der Waals surface area (Å²) in [5.74, 6) is -0.558. The fourth-order valence-electron chi connectivity index (χ4n) is 3.55. The van der Waals surface area contributed by atoms with Gasteiger partial charge in [0.05, 0.1) is 10.1 Å². The summed E-state index contributed by atoms with van der Waals surface area (Å²) in [5.41, 5.74) is 1.49. The first-order valence-corrected chi connectivity index (χ1v) is 10.4. The second-order valence-electron chi connectivity index (χ2n) is 6.77. The number of aromatic amines is 1. The van der Waals surface area contributed by atoms with E-state index in [4.69, 9.17) is 0 Å². The van der Waals surface area contributed by atoms with E-state index in [1.54, 1.807) is 11.0 Å². The van der Waals surface area contributed by atoms with Crippen molar-refractivity contribution in [2.24, 2.45) is 0 Å². The summed E-state index contributed by atoms with van der Waals surface area (Å²) >= 11 is 0. The van der Waals surface area contributed by atoms with E-state index in [2.05, 4.69) is 4.98 Å². The summed E-state index contributed by atoms with van der Waals surface area (Å²) in [7, 11) is -3.52. The number of carbonyl (C=O) groups is 1. The average Bonchev–Trinajstić information content (AvgIpc) is 3.15. The van der Waals surface area contributed by atoms with E-state index in [-0.39, 0.29) is 10.8 Å². The number of aromatic nitrogens is 1. The van der Waals surface area contributed by atoms with Gasteiger partial charge in [0, 0.05) is 30.4 Å². The molecule has 4 rings (SSSR count). The third kappa shape index (κ3) is 3.35. The molecule has 0 bridgehead atoms. The molecule has 0 spiro atoms. The molecule has 0 atom stereocenters. The van der Waals surface area contributed by atoms with Crippen molar-refractivity contribution in [3.63, 3.8) is 0 Å². The summed E-state index contributed by atoms with van der Waals surface area (Å²) in [6, 6.07) is 12.4. The Balaban J connectivity index is 1.46. The van der Waals surface area contributed by atoms with Gasteiger partial charge in [-0.25, -0.2) is 12.8 Å². The molecule has 140 valence electrons. The lowest BCUT2D eigenvalue weighted by Crippen LogP contribution is -2.42. The largest absolute Gasteiger partial charge is 0.361 e. The SMILES string of the molecule is O=C(c1ccc2cc[nH]c2c1)N1CCC(S(=O)(=O)c2ccc(F)cc2)CC1. The predicted octanol–water partition coefficient (Wildman–Crippen LogP) is 3.39. The lowest BCUT2D eigenvalue weighted by atomic mass is 10.1. The molecular formula is C20H19FN2O3S. The summed E-state index contributed by atoms with van der Waals surface area (Å²) in [4.78, 5) is 17.7. The van der Waals surface area contributed by atoms with E-state index in [1.165, 1.54) is 12.1 Å². The van der Waals surface area contributed by atoms with Crippen molar-refractivity contribution in [3.05, 3.63) is 66.1 Å². The van der Waals surface area contributed by atoms with Crippen molar-refractivity contribution in [3.8, 4) is 0 Å². The number of H-pyrrole nitrogens is 1. The van der Waals surface area contributed by atoms with Gasteiger partial charge in [0.25, 0.3) is 5.91 Å². The van der Waals surface area contributed by atoms with E-state index in [0.717, 1.165) is 23.0 Å².